The number of hydrogen-bond donors (Lipinski definition) is 2. The topological polar surface area (TPSA) is 67.8 Å². The Morgan fingerprint density at radius 3 is 2.90 bits per heavy atom. The summed E-state index contributed by atoms with van der Waals surface area (Å²) in [6, 6.07) is 5.34. The number of ether oxygens (including phenoxy) is 1. The van der Waals surface area contributed by atoms with Crippen molar-refractivity contribution >= 4 is 17.4 Å². The van der Waals surface area contributed by atoms with Gasteiger partial charge in [-0.25, -0.2) is 0 Å². The summed E-state index contributed by atoms with van der Waals surface area (Å²) in [7, 11) is 0. The predicted molar refractivity (Wildman–Crippen MR) is 80.6 cm³/mol. The van der Waals surface area contributed by atoms with Gasteiger partial charge in [0.05, 0.1) is 10.6 Å². The molecule has 20 heavy (non-hydrogen) atoms. The summed E-state index contributed by atoms with van der Waals surface area (Å²) in [4.78, 5) is 0. The molecule has 2 unspecified atom stereocenters. The van der Waals surface area contributed by atoms with Gasteiger partial charge in [0.15, 0.2) is 5.84 Å². The molecule has 0 radical (unpaired) electrons. The van der Waals surface area contributed by atoms with Gasteiger partial charge in [0, 0.05) is 0 Å². The number of amidine groups is 1. The third-order valence-electron chi connectivity index (χ3n) is 3.98. The summed E-state index contributed by atoms with van der Waals surface area (Å²) in [6.07, 6.45) is 5.96. The van der Waals surface area contributed by atoms with E-state index in [2.05, 4.69) is 12.1 Å². The van der Waals surface area contributed by atoms with Crippen LogP contribution in [0.5, 0.6) is 5.75 Å². The summed E-state index contributed by atoms with van der Waals surface area (Å²) in [6.45, 7) is 2.19. The Morgan fingerprint density at radius 1 is 1.45 bits per heavy atom. The van der Waals surface area contributed by atoms with Gasteiger partial charge in [-0.3, -0.25) is 0 Å². The molecule has 0 spiro atoms. The van der Waals surface area contributed by atoms with E-state index >= 15 is 0 Å². The van der Waals surface area contributed by atoms with E-state index in [0.29, 0.717) is 22.3 Å². The van der Waals surface area contributed by atoms with Gasteiger partial charge >= 0.3 is 0 Å². The number of nitrogens with two attached hydrogens (primary N) is 1. The Kier molecular flexibility index (Phi) is 5.12. The van der Waals surface area contributed by atoms with Gasteiger partial charge in [-0.05, 0) is 43.7 Å². The van der Waals surface area contributed by atoms with E-state index in [4.69, 9.17) is 27.3 Å². The molecule has 0 heterocycles. The first kappa shape index (κ1) is 15.0. The summed E-state index contributed by atoms with van der Waals surface area (Å²) >= 11 is 6.14. The molecule has 0 saturated heterocycles. The van der Waals surface area contributed by atoms with Gasteiger partial charge in [0.1, 0.15) is 11.9 Å². The monoisotopic (exact) mass is 296 g/mol. The van der Waals surface area contributed by atoms with E-state index in [1.54, 1.807) is 6.07 Å². The molecule has 5 heteroatoms. The second-order valence-electron chi connectivity index (χ2n) is 5.21. The van der Waals surface area contributed by atoms with Gasteiger partial charge in [-0.2, -0.15) is 0 Å². The Balaban J connectivity index is 2.26. The van der Waals surface area contributed by atoms with Crippen LogP contribution in [-0.2, 0) is 0 Å². The summed E-state index contributed by atoms with van der Waals surface area (Å²) in [5, 5.41) is 12.4. The van der Waals surface area contributed by atoms with Gasteiger partial charge < -0.3 is 15.7 Å². The zero-order valence-electron chi connectivity index (χ0n) is 11.7. The number of nitrogens with zero attached hydrogens (tertiary/aromatic N) is 1. The molecular weight excluding hydrogens is 276 g/mol. The van der Waals surface area contributed by atoms with E-state index in [1.165, 1.54) is 19.3 Å². The number of rotatable bonds is 4. The molecule has 0 aliphatic heterocycles. The Bertz CT molecular complexity index is 491. The maximum Gasteiger partial charge on any atom is 0.175 e. The van der Waals surface area contributed by atoms with E-state index in [-0.39, 0.29) is 11.9 Å². The molecule has 1 aromatic carbocycles. The fraction of sp³-hybridized carbons (Fsp3) is 0.533. The lowest BCUT2D eigenvalue weighted by Crippen LogP contribution is -2.30. The van der Waals surface area contributed by atoms with Crippen LogP contribution in [0.2, 0.25) is 5.02 Å². The van der Waals surface area contributed by atoms with Gasteiger partial charge in [0.2, 0.25) is 0 Å². The van der Waals surface area contributed by atoms with Crippen molar-refractivity contribution in [2.45, 2.75) is 45.1 Å². The smallest absolute Gasteiger partial charge is 0.175 e. The summed E-state index contributed by atoms with van der Waals surface area (Å²) in [5.74, 6) is 1.13. The normalized spacial score (nSPS) is 23.6. The predicted octanol–water partition coefficient (Wildman–Crippen LogP) is 3.78. The van der Waals surface area contributed by atoms with Crippen LogP contribution < -0.4 is 10.5 Å². The molecule has 1 aliphatic carbocycles. The molecule has 4 nitrogen and oxygen atoms in total. The molecule has 3 N–H and O–H groups in total. The zero-order valence-corrected chi connectivity index (χ0v) is 12.4. The fourth-order valence-corrected chi connectivity index (χ4v) is 3.12. The molecule has 1 aliphatic rings. The molecule has 1 aromatic rings. The van der Waals surface area contributed by atoms with Crippen LogP contribution in [0.3, 0.4) is 0 Å². The average Bonchev–Trinajstić information content (AvgIpc) is 2.47. The lowest BCUT2D eigenvalue weighted by molar-refractivity contribution is 0.0902. The van der Waals surface area contributed by atoms with E-state index < -0.39 is 0 Å². The van der Waals surface area contributed by atoms with E-state index in [9.17, 15) is 0 Å². The molecule has 1 saturated carbocycles. The third kappa shape index (κ3) is 3.18. The number of hydrogen-bond acceptors (Lipinski definition) is 3. The van der Waals surface area contributed by atoms with Crippen molar-refractivity contribution in [1.82, 2.24) is 0 Å². The fourth-order valence-electron chi connectivity index (χ4n) is 2.86. The first-order chi connectivity index (χ1) is 9.67. The van der Waals surface area contributed by atoms with Crippen LogP contribution in [-0.4, -0.2) is 17.1 Å². The highest BCUT2D eigenvalue weighted by Crippen LogP contribution is 2.33. The molecule has 110 valence electrons. The van der Waals surface area contributed by atoms with Crippen molar-refractivity contribution in [1.29, 1.82) is 0 Å². The van der Waals surface area contributed by atoms with Crippen molar-refractivity contribution < 1.29 is 9.94 Å². The van der Waals surface area contributed by atoms with Crippen LogP contribution in [0.25, 0.3) is 0 Å². The molecule has 2 atom stereocenters. The minimum Gasteiger partial charge on any atom is -0.489 e. The molecule has 2 rings (SSSR count). The maximum atomic E-state index is 8.89. The summed E-state index contributed by atoms with van der Waals surface area (Å²) < 4.78 is 6.14. The second-order valence-corrected chi connectivity index (χ2v) is 5.61. The van der Waals surface area contributed by atoms with Crippen molar-refractivity contribution in [2.75, 3.05) is 0 Å². The molecule has 1 fully saturated rings. The Labute approximate surface area is 124 Å². The minimum absolute atomic E-state index is 0.0190. The van der Waals surface area contributed by atoms with Gasteiger partial charge in [-0.15, -0.1) is 0 Å². The quantitative estimate of drug-likeness (QED) is 0.384. The highest BCUT2D eigenvalue weighted by molar-refractivity contribution is 6.34. The zero-order chi connectivity index (χ0) is 14.5. The van der Waals surface area contributed by atoms with Crippen molar-refractivity contribution in [3.05, 3.63) is 28.8 Å². The van der Waals surface area contributed by atoms with Gasteiger partial charge in [0.25, 0.3) is 0 Å². The van der Waals surface area contributed by atoms with Crippen molar-refractivity contribution in [3.63, 3.8) is 0 Å². The molecule has 0 aromatic heterocycles. The second kappa shape index (κ2) is 6.84. The first-order valence-corrected chi connectivity index (χ1v) is 7.48. The van der Waals surface area contributed by atoms with Crippen LogP contribution in [0.15, 0.2) is 23.4 Å². The SMILES string of the molecule is CCC1CCCCC1Oc1cccc(Cl)c1C(N)=NO. The van der Waals surface area contributed by atoms with E-state index in [1.807, 2.05) is 12.1 Å². The molecule has 0 bridgehead atoms. The number of halogens is 1. The molecule has 0 amide bonds. The highest BCUT2D eigenvalue weighted by Gasteiger charge is 2.26. The van der Waals surface area contributed by atoms with Crippen LogP contribution in [0.4, 0.5) is 0 Å². The highest BCUT2D eigenvalue weighted by atomic mass is 35.5. The first-order valence-electron chi connectivity index (χ1n) is 7.10. The van der Waals surface area contributed by atoms with Crippen molar-refractivity contribution in [3.8, 4) is 5.75 Å². The third-order valence-corrected chi connectivity index (χ3v) is 4.30. The minimum atomic E-state index is -0.0190. The van der Waals surface area contributed by atoms with E-state index in [0.717, 1.165) is 12.8 Å². The van der Waals surface area contributed by atoms with Gasteiger partial charge in [-0.1, -0.05) is 36.2 Å². The van der Waals surface area contributed by atoms with Crippen LogP contribution in [0, 0.1) is 5.92 Å². The molecular formula is C15H21ClN2O2. The van der Waals surface area contributed by atoms with Crippen molar-refractivity contribution in [2.24, 2.45) is 16.8 Å². The lowest BCUT2D eigenvalue weighted by atomic mass is 9.84. The largest absolute Gasteiger partial charge is 0.489 e. The number of oxime groups is 1. The Morgan fingerprint density at radius 2 is 2.20 bits per heavy atom. The number of benzene rings is 1. The maximum absolute atomic E-state index is 8.89. The lowest BCUT2D eigenvalue weighted by Gasteiger charge is -2.31. The summed E-state index contributed by atoms with van der Waals surface area (Å²) in [5.41, 5.74) is 6.17. The van der Waals surface area contributed by atoms with Crippen LogP contribution in [0.1, 0.15) is 44.6 Å². The Hall–Kier alpha value is -1.42. The van der Waals surface area contributed by atoms with Crippen LogP contribution >= 0.6 is 11.6 Å². The average molecular weight is 297 g/mol. The standard InChI is InChI=1S/C15H21ClN2O2/c1-2-10-6-3-4-8-12(10)20-13-9-5-7-11(16)14(13)15(17)18-19/h5,7,9-10,12,19H,2-4,6,8H2,1H3,(H2,17,18).